The maximum Gasteiger partial charge on any atom is 0.349 e. The van der Waals surface area contributed by atoms with Gasteiger partial charge < -0.3 is 35.7 Å². The molecule has 1 aromatic carbocycles. The number of carbonyl (C=O) groups is 3. The molecule has 0 saturated heterocycles. The van der Waals surface area contributed by atoms with Gasteiger partial charge in [0, 0.05) is 0 Å². The van der Waals surface area contributed by atoms with E-state index in [9.17, 15) is 34.8 Å². The number of imide groups is 1. The van der Waals surface area contributed by atoms with Crippen molar-refractivity contribution in [1.29, 1.82) is 0 Å². The number of aliphatic hydroxyl groups excluding tert-OH is 3. The Labute approximate surface area is 164 Å². The third kappa shape index (κ3) is 3.42. The molecular weight excluding hydrogens is 388 g/mol. The first kappa shape index (κ1) is 20.7. The number of benzene rings is 1. The molecule has 0 radical (unpaired) electrons. The van der Waals surface area contributed by atoms with Crippen LogP contribution in [0.1, 0.15) is 11.1 Å². The number of amides is 3. The van der Waals surface area contributed by atoms with Crippen molar-refractivity contribution < 1.29 is 39.9 Å². The fourth-order valence-electron chi connectivity index (χ4n) is 3.13. The topological polar surface area (TPSA) is 192 Å². The van der Waals surface area contributed by atoms with Crippen LogP contribution in [0.25, 0.3) is 0 Å². The van der Waals surface area contributed by atoms with Crippen LogP contribution in [0.15, 0.2) is 17.1 Å². The fourth-order valence-corrected chi connectivity index (χ4v) is 3.13. The minimum Gasteiger partial charge on any atom is -0.479 e. The summed E-state index contributed by atoms with van der Waals surface area (Å²) in [6.07, 6.45) is -6.19. The van der Waals surface area contributed by atoms with Crippen LogP contribution in [0.3, 0.4) is 0 Å². The average molecular weight is 408 g/mol. The molecular formula is C17H20N4O8. The van der Waals surface area contributed by atoms with Crippen LogP contribution in [0.4, 0.5) is 16.2 Å². The number of carboxylic acid groups (broad SMARTS) is 1. The number of anilines is 2. The molecule has 2 aliphatic rings. The third-order valence-electron chi connectivity index (χ3n) is 4.89. The molecule has 12 heteroatoms. The summed E-state index contributed by atoms with van der Waals surface area (Å²) in [7, 11) is 0. The van der Waals surface area contributed by atoms with E-state index < -0.39 is 54.3 Å². The number of aliphatic hydroxyl groups is 4. The van der Waals surface area contributed by atoms with E-state index in [1.807, 2.05) is 5.32 Å². The van der Waals surface area contributed by atoms with Gasteiger partial charge in [0.15, 0.2) is 11.9 Å². The summed E-state index contributed by atoms with van der Waals surface area (Å²) in [4.78, 5) is 39.7. The lowest BCUT2D eigenvalue weighted by Crippen LogP contribution is -2.69. The standard InChI is InChI=1S/C17H20N4O8/c1-6-3-8-9(4-7(6)2)21(5-10(22)11(23)12(24)13(25)26)14-17(29,20-8)15(27)19-16(28)18-14/h3-4,10-12,20,22-24,29H,5H2,1-2H3,(H,25,26)(H,19,27,28). The molecule has 3 rings (SSSR count). The monoisotopic (exact) mass is 408 g/mol. The average Bonchev–Trinajstić information content (AvgIpc) is 2.63. The first-order valence-electron chi connectivity index (χ1n) is 8.56. The molecule has 4 unspecified atom stereocenters. The normalized spacial score (nSPS) is 23.8. The zero-order valence-corrected chi connectivity index (χ0v) is 15.4. The Morgan fingerprint density at radius 1 is 1.21 bits per heavy atom. The number of nitrogens with zero attached hydrogens (tertiary/aromatic N) is 2. The Morgan fingerprint density at radius 3 is 2.45 bits per heavy atom. The molecule has 2 aliphatic heterocycles. The molecule has 0 fully saturated rings. The summed E-state index contributed by atoms with van der Waals surface area (Å²) >= 11 is 0. The Hall–Kier alpha value is -3.06. The largest absolute Gasteiger partial charge is 0.479 e. The SMILES string of the molecule is Cc1cc2c(cc1C)N(CC(O)C(O)C(O)C(=O)O)C1=NC(=O)NC(=O)C1(O)N2. The van der Waals surface area contributed by atoms with Crippen LogP contribution in [0.2, 0.25) is 0 Å². The van der Waals surface area contributed by atoms with E-state index in [-0.39, 0.29) is 5.69 Å². The van der Waals surface area contributed by atoms with Crippen molar-refractivity contribution in [3.05, 3.63) is 23.3 Å². The number of carbonyl (C=O) groups excluding carboxylic acids is 2. The number of amidine groups is 1. The van der Waals surface area contributed by atoms with Crippen LogP contribution in [-0.4, -0.2) is 79.9 Å². The van der Waals surface area contributed by atoms with Crippen molar-refractivity contribution in [2.75, 3.05) is 16.8 Å². The van der Waals surface area contributed by atoms with Gasteiger partial charge in [-0.2, -0.15) is 4.99 Å². The van der Waals surface area contributed by atoms with E-state index in [1.54, 1.807) is 26.0 Å². The van der Waals surface area contributed by atoms with Crippen molar-refractivity contribution >= 4 is 35.1 Å². The molecule has 4 atom stereocenters. The summed E-state index contributed by atoms with van der Waals surface area (Å²) in [6.45, 7) is 3.00. The van der Waals surface area contributed by atoms with Crippen molar-refractivity contribution in [2.24, 2.45) is 4.99 Å². The van der Waals surface area contributed by atoms with E-state index in [4.69, 9.17) is 5.11 Å². The molecule has 156 valence electrons. The molecule has 12 nitrogen and oxygen atoms in total. The predicted molar refractivity (Wildman–Crippen MR) is 98.5 cm³/mol. The zero-order chi connectivity index (χ0) is 21.7. The number of hydrogen-bond donors (Lipinski definition) is 7. The number of rotatable bonds is 5. The lowest BCUT2D eigenvalue weighted by atomic mass is 9.98. The Bertz CT molecular complexity index is 932. The summed E-state index contributed by atoms with van der Waals surface area (Å²) in [5.41, 5.74) is -0.239. The molecule has 3 amide bonds. The number of aliphatic carboxylic acids is 1. The van der Waals surface area contributed by atoms with Crippen molar-refractivity contribution in [2.45, 2.75) is 37.9 Å². The highest BCUT2D eigenvalue weighted by molar-refractivity contribution is 6.28. The lowest BCUT2D eigenvalue weighted by molar-refractivity contribution is -0.157. The first-order chi connectivity index (χ1) is 13.5. The number of hydrogen-bond acceptors (Lipinski definition) is 9. The van der Waals surface area contributed by atoms with Gasteiger partial charge in [-0.05, 0) is 37.1 Å². The zero-order valence-electron chi connectivity index (χ0n) is 15.4. The van der Waals surface area contributed by atoms with Crippen LogP contribution < -0.4 is 15.5 Å². The lowest BCUT2D eigenvalue weighted by Gasteiger charge is -2.44. The first-order valence-corrected chi connectivity index (χ1v) is 8.56. The van der Waals surface area contributed by atoms with E-state index in [2.05, 4.69) is 10.3 Å². The molecule has 0 aliphatic carbocycles. The molecule has 0 spiro atoms. The van der Waals surface area contributed by atoms with Crippen LogP contribution in [-0.2, 0) is 9.59 Å². The second kappa shape index (κ2) is 7.08. The Morgan fingerprint density at radius 2 is 1.83 bits per heavy atom. The van der Waals surface area contributed by atoms with Gasteiger partial charge in [-0.1, -0.05) is 0 Å². The number of nitrogens with one attached hydrogen (secondary N) is 2. The van der Waals surface area contributed by atoms with Gasteiger partial charge >= 0.3 is 12.0 Å². The number of fused-ring (bicyclic) bond motifs is 2. The maximum atomic E-state index is 12.3. The van der Waals surface area contributed by atoms with Gasteiger partial charge in [0.1, 0.15) is 12.2 Å². The second-order valence-electron chi connectivity index (χ2n) is 6.94. The van der Waals surface area contributed by atoms with E-state index >= 15 is 0 Å². The number of aryl methyl sites for hydroxylation is 2. The van der Waals surface area contributed by atoms with Gasteiger partial charge in [-0.3, -0.25) is 10.1 Å². The maximum absolute atomic E-state index is 12.3. The Balaban J connectivity index is 2.09. The molecule has 1 aromatic rings. The van der Waals surface area contributed by atoms with E-state index in [0.717, 1.165) is 16.0 Å². The number of urea groups is 1. The Kier molecular flexibility index (Phi) is 5.04. The van der Waals surface area contributed by atoms with Gasteiger partial charge in [0.05, 0.1) is 17.9 Å². The van der Waals surface area contributed by atoms with E-state index in [1.165, 1.54) is 0 Å². The highest BCUT2D eigenvalue weighted by atomic mass is 16.4. The van der Waals surface area contributed by atoms with Crippen LogP contribution in [0.5, 0.6) is 0 Å². The molecule has 0 aromatic heterocycles. The van der Waals surface area contributed by atoms with Crippen LogP contribution in [0, 0.1) is 13.8 Å². The molecule has 0 saturated carbocycles. The fraction of sp³-hybridized carbons (Fsp3) is 0.412. The molecule has 7 N–H and O–H groups in total. The minimum atomic E-state index is -2.45. The van der Waals surface area contributed by atoms with Gasteiger partial charge in [-0.25, -0.2) is 9.59 Å². The number of carboxylic acids is 1. The van der Waals surface area contributed by atoms with Crippen LogP contribution >= 0.6 is 0 Å². The summed E-state index contributed by atoms with van der Waals surface area (Å²) in [6, 6.07) is 2.23. The molecule has 2 heterocycles. The number of aliphatic imine (C=N–C) groups is 1. The third-order valence-corrected chi connectivity index (χ3v) is 4.89. The van der Waals surface area contributed by atoms with Crippen molar-refractivity contribution in [3.8, 4) is 0 Å². The van der Waals surface area contributed by atoms with Gasteiger partial charge in [-0.15, -0.1) is 0 Å². The van der Waals surface area contributed by atoms with Crippen molar-refractivity contribution in [1.82, 2.24) is 5.32 Å². The van der Waals surface area contributed by atoms with Gasteiger partial charge in [0.2, 0.25) is 0 Å². The van der Waals surface area contributed by atoms with Crippen molar-refractivity contribution in [3.63, 3.8) is 0 Å². The highest BCUT2D eigenvalue weighted by Gasteiger charge is 2.53. The summed E-state index contributed by atoms with van der Waals surface area (Å²) < 4.78 is 0. The quantitative estimate of drug-likeness (QED) is 0.288. The predicted octanol–water partition coefficient (Wildman–Crippen LogP) is -1.96. The minimum absolute atomic E-state index is 0.277. The second-order valence-corrected chi connectivity index (χ2v) is 6.94. The summed E-state index contributed by atoms with van der Waals surface area (Å²) in [5, 5.41) is 53.9. The highest BCUT2D eigenvalue weighted by Crippen LogP contribution is 2.38. The molecule has 29 heavy (non-hydrogen) atoms. The smallest absolute Gasteiger partial charge is 0.349 e. The van der Waals surface area contributed by atoms with E-state index in [0.29, 0.717) is 5.69 Å². The van der Waals surface area contributed by atoms with Gasteiger partial charge in [0.25, 0.3) is 11.6 Å². The summed E-state index contributed by atoms with van der Waals surface area (Å²) in [5.74, 6) is -3.30. The number of β-amino-alcohol motifs (C(OH)–C–C–N with tert-alkyl or cyclic N) is 1. The molecule has 0 bridgehead atoms.